The minimum Gasteiger partial charge on any atom is -0.496 e. The zero-order chi connectivity index (χ0) is 22.6. The highest BCUT2D eigenvalue weighted by atomic mass is 16.5. The Morgan fingerprint density at radius 2 is 1.84 bits per heavy atom. The van der Waals surface area contributed by atoms with Gasteiger partial charge in [0.25, 0.3) is 5.91 Å². The van der Waals surface area contributed by atoms with Crippen molar-refractivity contribution in [2.75, 3.05) is 12.4 Å². The molecule has 3 aliphatic heterocycles. The van der Waals surface area contributed by atoms with Crippen LogP contribution in [-0.4, -0.2) is 41.7 Å². The highest BCUT2D eigenvalue weighted by molar-refractivity contribution is 6.14. The van der Waals surface area contributed by atoms with Crippen LogP contribution in [0.3, 0.4) is 0 Å². The quantitative estimate of drug-likeness (QED) is 0.543. The number of nitrogens with zero attached hydrogens (tertiary/aromatic N) is 1. The van der Waals surface area contributed by atoms with Gasteiger partial charge in [0.1, 0.15) is 23.6 Å². The van der Waals surface area contributed by atoms with Crippen molar-refractivity contribution in [3.63, 3.8) is 0 Å². The summed E-state index contributed by atoms with van der Waals surface area (Å²) < 4.78 is 5.37. The van der Waals surface area contributed by atoms with Gasteiger partial charge < -0.3 is 21.1 Å². The number of likely N-dealkylation sites (tertiary alicyclic amines) is 1. The summed E-state index contributed by atoms with van der Waals surface area (Å²) in [6.07, 6.45) is -0.111. The van der Waals surface area contributed by atoms with E-state index in [1.807, 2.05) is 0 Å². The Kier molecular flexibility index (Phi) is 4.52. The molecule has 0 saturated carbocycles. The highest BCUT2D eigenvalue weighted by Gasteiger charge is 2.74. The lowest BCUT2D eigenvalue weighted by Gasteiger charge is -2.26. The first-order valence-electron chi connectivity index (χ1n) is 10.4. The molecule has 9 heteroatoms. The fourth-order valence-corrected chi connectivity index (χ4v) is 5.56. The molecule has 2 saturated heterocycles. The summed E-state index contributed by atoms with van der Waals surface area (Å²) in [5.41, 5.74) is 6.08. The number of carbonyl (C=O) groups is 4. The Balaban J connectivity index is 1.60. The zero-order valence-corrected chi connectivity index (χ0v) is 17.4. The first kappa shape index (κ1) is 20.2. The number of nitrogens with two attached hydrogens (primary N) is 2. The van der Waals surface area contributed by atoms with Crippen LogP contribution in [0.4, 0.5) is 5.69 Å². The Morgan fingerprint density at radius 3 is 2.59 bits per heavy atom. The van der Waals surface area contributed by atoms with Crippen LogP contribution in [0, 0.1) is 11.8 Å². The van der Waals surface area contributed by atoms with Crippen molar-refractivity contribution in [3.05, 3.63) is 59.7 Å². The number of quaternary nitrogens is 1. The fourth-order valence-electron chi connectivity index (χ4n) is 5.56. The van der Waals surface area contributed by atoms with Crippen LogP contribution in [0.15, 0.2) is 48.5 Å². The van der Waals surface area contributed by atoms with E-state index < -0.39 is 41.1 Å². The first-order valence-corrected chi connectivity index (χ1v) is 10.4. The van der Waals surface area contributed by atoms with Crippen LogP contribution in [0.25, 0.3) is 0 Å². The molecule has 2 aromatic carbocycles. The Hall–Kier alpha value is -3.72. The number of hydrogen-bond donors (Lipinski definition) is 3. The molecule has 0 bridgehead atoms. The maximum absolute atomic E-state index is 13.7. The maximum Gasteiger partial charge on any atom is 0.291 e. The lowest BCUT2D eigenvalue weighted by Crippen LogP contribution is -2.99. The number of carbonyl (C=O) groups excluding carboxylic acids is 4. The molecule has 32 heavy (non-hydrogen) atoms. The zero-order valence-electron chi connectivity index (χ0n) is 17.4. The molecule has 2 aromatic rings. The van der Waals surface area contributed by atoms with E-state index in [9.17, 15) is 19.2 Å². The number of imide groups is 1. The summed E-state index contributed by atoms with van der Waals surface area (Å²) in [4.78, 5) is 53.5. The number of fused-ring (bicyclic) bond motifs is 4. The Labute approximate surface area is 183 Å². The minimum absolute atomic E-state index is 0.0251. The molecule has 5 N–H and O–H groups in total. The summed E-state index contributed by atoms with van der Waals surface area (Å²) >= 11 is 0. The van der Waals surface area contributed by atoms with Crippen molar-refractivity contribution in [1.82, 2.24) is 4.90 Å². The van der Waals surface area contributed by atoms with Gasteiger partial charge in [-0.2, -0.15) is 0 Å². The molecule has 3 heterocycles. The molecule has 5 rings (SSSR count). The average molecular weight is 435 g/mol. The van der Waals surface area contributed by atoms with E-state index in [0.29, 0.717) is 22.6 Å². The molecule has 0 radical (unpaired) electrons. The average Bonchev–Trinajstić information content (AvgIpc) is 3.34. The molecular formula is C23H23N4O5+. The number of amides is 4. The third-order valence-electron chi connectivity index (χ3n) is 6.83. The summed E-state index contributed by atoms with van der Waals surface area (Å²) in [6.45, 7) is 0.0251. The molecule has 0 unspecified atom stereocenters. The molecule has 2 fully saturated rings. The predicted molar refractivity (Wildman–Crippen MR) is 112 cm³/mol. The molecule has 3 aliphatic rings. The molecule has 164 valence electrons. The molecule has 0 aromatic heterocycles. The van der Waals surface area contributed by atoms with Gasteiger partial charge in [-0.25, -0.2) is 0 Å². The second-order valence-electron chi connectivity index (χ2n) is 8.45. The van der Waals surface area contributed by atoms with Crippen molar-refractivity contribution >= 4 is 29.3 Å². The Morgan fingerprint density at radius 1 is 1.12 bits per heavy atom. The standard InChI is InChI=1S/C23H22N4O5/c1-32-16-9-5-2-6-12(16)11-27-20(29)18-15(10-17(24)28)26-23(19(18)21(27)30)13-7-3-4-8-14(13)25-22(23)31/h2-9,15,18-19,26H,10-11H2,1H3,(H2,24,28)(H,25,31)/p+1/t15-,18-,19-,23-/m0/s1. The van der Waals surface area contributed by atoms with Crippen molar-refractivity contribution in [2.45, 2.75) is 24.5 Å². The van der Waals surface area contributed by atoms with Crippen molar-refractivity contribution in [3.8, 4) is 5.75 Å². The van der Waals surface area contributed by atoms with Gasteiger partial charge >= 0.3 is 0 Å². The van der Waals surface area contributed by atoms with Crippen LogP contribution < -0.4 is 21.1 Å². The highest BCUT2D eigenvalue weighted by Crippen LogP contribution is 2.49. The molecule has 0 aliphatic carbocycles. The molecular weight excluding hydrogens is 412 g/mol. The second kappa shape index (κ2) is 7.16. The van der Waals surface area contributed by atoms with Gasteiger partial charge in [0.2, 0.25) is 23.3 Å². The van der Waals surface area contributed by atoms with Crippen LogP contribution in [0.2, 0.25) is 0 Å². The largest absolute Gasteiger partial charge is 0.496 e. The normalized spacial score (nSPS) is 28.1. The van der Waals surface area contributed by atoms with Gasteiger partial charge in [0.05, 0.1) is 25.8 Å². The van der Waals surface area contributed by atoms with Gasteiger partial charge in [-0.3, -0.25) is 24.1 Å². The van der Waals surface area contributed by atoms with Crippen LogP contribution in [-0.2, 0) is 31.3 Å². The van der Waals surface area contributed by atoms with Crippen molar-refractivity contribution in [2.24, 2.45) is 17.6 Å². The summed E-state index contributed by atoms with van der Waals surface area (Å²) in [5, 5.41) is 4.55. The van der Waals surface area contributed by atoms with Gasteiger partial charge in [0, 0.05) is 11.1 Å². The lowest BCUT2D eigenvalue weighted by molar-refractivity contribution is -0.732. The van der Waals surface area contributed by atoms with Gasteiger partial charge in [-0.15, -0.1) is 0 Å². The number of benzene rings is 2. The third kappa shape index (κ3) is 2.67. The van der Waals surface area contributed by atoms with Crippen LogP contribution >= 0.6 is 0 Å². The maximum atomic E-state index is 13.7. The van der Waals surface area contributed by atoms with Crippen LogP contribution in [0.5, 0.6) is 5.75 Å². The summed E-state index contributed by atoms with van der Waals surface area (Å²) in [5.74, 6) is -2.98. The summed E-state index contributed by atoms with van der Waals surface area (Å²) in [6, 6.07) is 13.7. The fraction of sp³-hybridized carbons (Fsp3) is 0.304. The number of anilines is 1. The molecule has 9 nitrogen and oxygen atoms in total. The smallest absolute Gasteiger partial charge is 0.291 e. The second-order valence-corrected chi connectivity index (χ2v) is 8.45. The molecule has 4 atom stereocenters. The molecule has 1 spiro atoms. The SMILES string of the molecule is COc1ccccc1CN1C(=O)[C@H]2[C@H](CC(N)=O)[NH2+][C@]3(C(=O)Nc4ccccc43)[C@@H]2C1=O. The number of hydrogen-bond acceptors (Lipinski definition) is 5. The number of para-hydroxylation sites is 2. The van der Waals surface area contributed by atoms with Gasteiger partial charge in [-0.05, 0) is 12.1 Å². The van der Waals surface area contributed by atoms with Crippen LogP contribution in [0.1, 0.15) is 17.5 Å². The number of methoxy groups -OCH3 is 1. The van der Waals surface area contributed by atoms with E-state index in [4.69, 9.17) is 10.5 Å². The van der Waals surface area contributed by atoms with Crippen molar-refractivity contribution in [1.29, 1.82) is 0 Å². The van der Waals surface area contributed by atoms with E-state index in [-0.39, 0.29) is 18.9 Å². The number of ether oxygens (including phenoxy) is 1. The monoisotopic (exact) mass is 435 g/mol. The van der Waals surface area contributed by atoms with E-state index in [2.05, 4.69) is 5.32 Å². The lowest BCUT2D eigenvalue weighted by atomic mass is 9.76. The topological polar surface area (TPSA) is 135 Å². The van der Waals surface area contributed by atoms with Crippen molar-refractivity contribution < 1.29 is 29.2 Å². The third-order valence-corrected chi connectivity index (χ3v) is 6.83. The molecule has 4 amide bonds. The number of rotatable bonds is 5. The van der Waals surface area contributed by atoms with Gasteiger partial charge in [-0.1, -0.05) is 36.4 Å². The van der Waals surface area contributed by atoms with E-state index in [1.165, 1.54) is 12.0 Å². The van der Waals surface area contributed by atoms with Gasteiger partial charge in [0.15, 0.2) is 0 Å². The summed E-state index contributed by atoms with van der Waals surface area (Å²) in [7, 11) is 1.52. The first-order chi connectivity index (χ1) is 15.4. The Bertz CT molecular complexity index is 1160. The van der Waals surface area contributed by atoms with E-state index >= 15 is 0 Å². The predicted octanol–water partition coefficient (Wildman–Crippen LogP) is -0.535. The number of nitrogens with one attached hydrogen (secondary N) is 1. The minimum atomic E-state index is -1.32. The van der Waals surface area contributed by atoms with E-state index in [1.54, 1.807) is 53.8 Å². The van der Waals surface area contributed by atoms with E-state index in [0.717, 1.165) is 0 Å². The number of primary amides is 1.